The monoisotopic (exact) mass is 337 g/mol. The van der Waals surface area contributed by atoms with E-state index in [0.29, 0.717) is 12.8 Å². The molecule has 0 spiro atoms. The van der Waals surface area contributed by atoms with Gasteiger partial charge < -0.3 is 10.6 Å². The summed E-state index contributed by atoms with van der Waals surface area (Å²) in [6.45, 7) is 5.93. The first-order valence-electron chi connectivity index (χ1n) is 8.87. The topological polar surface area (TPSA) is 71.3 Å². The van der Waals surface area contributed by atoms with Crippen molar-refractivity contribution in [2.75, 3.05) is 13.1 Å². The van der Waals surface area contributed by atoms with Crippen molar-refractivity contribution >= 4 is 22.5 Å². The van der Waals surface area contributed by atoms with Gasteiger partial charge in [0, 0.05) is 35.8 Å². The van der Waals surface area contributed by atoms with E-state index in [1.807, 2.05) is 35.7 Å². The van der Waals surface area contributed by atoms with E-state index in [1.165, 1.54) is 0 Å². The number of fused-ring (bicyclic) bond motifs is 3. The minimum Gasteiger partial charge on any atom is -0.352 e. The zero-order chi connectivity index (χ0) is 17.4. The molecule has 1 aromatic carbocycles. The molecule has 0 radical (unpaired) electrons. The Labute approximate surface area is 146 Å². The highest BCUT2D eigenvalue weighted by molar-refractivity contribution is 5.92. The van der Waals surface area contributed by atoms with Gasteiger partial charge >= 0.3 is 0 Å². The van der Waals surface area contributed by atoms with Crippen molar-refractivity contribution in [3.63, 3.8) is 0 Å². The summed E-state index contributed by atoms with van der Waals surface area (Å²) in [6, 6.07) is 8.31. The molecule has 25 heavy (non-hydrogen) atoms. The number of hydrogen-bond acceptors (Lipinski definition) is 4. The number of nitrogens with zero attached hydrogens (tertiary/aromatic N) is 3. The van der Waals surface area contributed by atoms with Crippen LogP contribution in [0.1, 0.15) is 29.8 Å². The second-order valence-corrected chi connectivity index (χ2v) is 6.77. The second kappa shape index (κ2) is 6.44. The van der Waals surface area contributed by atoms with Crippen LogP contribution in [0.2, 0.25) is 0 Å². The Bertz CT molecular complexity index is 940. The molecule has 6 heteroatoms. The smallest absolute Gasteiger partial charge is 0.220 e. The molecular formula is C19H23N5O. The lowest BCUT2D eigenvalue weighted by atomic mass is 10.1. The third kappa shape index (κ3) is 2.98. The van der Waals surface area contributed by atoms with Gasteiger partial charge in [0.05, 0.1) is 5.52 Å². The molecule has 1 unspecified atom stereocenters. The van der Waals surface area contributed by atoms with Gasteiger partial charge in [-0.1, -0.05) is 12.1 Å². The average molecular weight is 337 g/mol. The quantitative estimate of drug-likeness (QED) is 0.763. The number of hydrogen-bond donors (Lipinski definition) is 2. The molecule has 1 aliphatic heterocycles. The van der Waals surface area contributed by atoms with Crippen molar-refractivity contribution < 1.29 is 4.79 Å². The molecule has 1 atom stereocenters. The summed E-state index contributed by atoms with van der Waals surface area (Å²) in [6.07, 6.45) is 2.17. The average Bonchev–Trinajstić information content (AvgIpc) is 3.22. The molecule has 6 nitrogen and oxygen atoms in total. The normalized spacial score (nSPS) is 17.4. The van der Waals surface area contributed by atoms with Gasteiger partial charge in [-0.2, -0.15) is 5.10 Å². The maximum Gasteiger partial charge on any atom is 0.220 e. The van der Waals surface area contributed by atoms with Gasteiger partial charge in [-0.3, -0.25) is 4.79 Å². The van der Waals surface area contributed by atoms with E-state index < -0.39 is 0 Å². The number of rotatable bonds is 4. The summed E-state index contributed by atoms with van der Waals surface area (Å²) in [5.74, 6) is 0.109. The lowest BCUT2D eigenvalue weighted by Gasteiger charge is -2.13. The van der Waals surface area contributed by atoms with Gasteiger partial charge in [-0.05, 0) is 50.9 Å². The molecule has 0 bridgehead atoms. The highest BCUT2D eigenvalue weighted by atomic mass is 16.1. The predicted molar refractivity (Wildman–Crippen MR) is 97.7 cm³/mol. The first-order chi connectivity index (χ1) is 12.1. The Morgan fingerprint density at radius 1 is 1.36 bits per heavy atom. The van der Waals surface area contributed by atoms with Gasteiger partial charge in [0.1, 0.15) is 0 Å². The van der Waals surface area contributed by atoms with Gasteiger partial charge in [0.2, 0.25) is 5.91 Å². The second-order valence-electron chi connectivity index (χ2n) is 6.77. The van der Waals surface area contributed by atoms with Gasteiger partial charge in [0.25, 0.3) is 0 Å². The van der Waals surface area contributed by atoms with Gasteiger partial charge in [0.15, 0.2) is 5.65 Å². The number of carbonyl (C=O) groups excluding carboxylic acids is 1. The van der Waals surface area contributed by atoms with Gasteiger partial charge in [-0.15, -0.1) is 0 Å². The van der Waals surface area contributed by atoms with Crippen molar-refractivity contribution in [2.24, 2.45) is 0 Å². The molecule has 1 saturated heterocycles. The van der Waals surface area contributed by atoms with Crippen LogP contribution in [-0.2, 0) is 11.2 Å². The molecule has 2 aromatic heterocycles. The lowest BCUT2D eigenvalue weighted by molar-refractivity contribution is -0.121. The van der Waals surface area contributed by atoms with E-state index in [9.17, 15) is 4.79 Å². The molecule has 3 aromatic rings. The minimum atomic E-state index is 0.109. The fraction of sp³-hybridized carbons (Fsp3) is 0.421. The zero-order valence-electron chi connectivity index (χ0n) is 14.7. The first-order valence-corrected chi connectivity index (χ1v) is 8.87. The maximum atomic E-state index is 12.2. The van der Waals surface area contributed by atoms with Crippen LogP contribution >= 0.6 is 0 Å². The predicted octanol–water partition coefficient (Wildman–Crippen LogP) is 1.91. The lowest BCUT2D eigenvalue weighted by Crippen LogP contribution is -2.36. The number of aryl methyl sites for hydroxylation is 2. The molecule has 4 rings (SSSR count). The molecule has 0 aliphatic carbocycles. The number of carbonyl (C=O) groups is 1. The van der Waals surface area contributed by atoms with Crippen LogP contribution in [0.15, 0.2) is 24.3 Å². The summed E-state index contributed by atoms with van der Waals surface area (Å²) < 4.78 is 1.91. The van der Waals surface area contributed by atoms with Crippen molar-refractivity contribution in [3.05, 3.63) is 41.2 Å². The van der Waals surface area contributed by atoms with Crippen molar-refractivity contribution in [1.82, 2.24) is 25.2 Å². The third-order valence-corrected chi connectivity index (χ3v) is 5.05. The summed E-state index contributed by atoms with van der Waals surface area (Å²) in [7, 11) is 0. The Balaban J connectivity index is 1.58. The third-order valence-electron chi connectivity index (χ3n) is 5.05. The first kappa shape index (κ1) is 16.0. The molecule has 3 heterocycles. The number of aromatic nitrogens is 3. The van der Waals surface area contributed by atoms with Crippen molar-refractivity contribution in [3.8, 4) is 0 Å². The van der Waals surface area contributed by atoms with Crippen molar-refractivity contribution in [1.29, 1.82) is 0 Å². The van der Waals surface area contributed by atoms with E-state index in [1.54, 1.807) is 0 Å². The van der Waals surface area contributed by atoms with E-state index in [0.717, 1.165) is 53.0 Å². The zero-order valence-corrected chi connectivity index (χ0v) is 14.7. The number of nitrogens with one attached hydrogen (secondary N) is 2. The summed E-state index contributed by atoms with van der Waals surface area (Å²) in [4.78, 5) is 17.0. The summed E-state index contributed by atoms with van der Waals surface area (Å²) >= 11 is 0. The molecule has 1 aliphatic rings. The van der Waals surface area contributed by atoms with E-state index in [-0.39, 0.29) is 11.9 Å². The van der Waals surface area contributed by atoms with Crippen LogP contribution in [0.4, 0.5) is 0 Å². The molecule has 1 fully saturated rings. The fourth-order valence-electron chi connectivity index (χ4n) is 3.65. The molecular weight excluding hydrogens is 314 g/mol. The number of benzene rings is 1. The van der Waals surface area contributed by atoms with Crippen LogP contribution in [0.5, 0.6) is 0 Å². The Morgan fingerprint density at radius 3 is 3.00 bits per heavy atom. The standard InChI is InChI=1S/C19H23N5O/c1-12-15(7-8-18(25)22-14-9-10-20-11-14)13(2)24-19(21-12)16-5-3-4-6-17(16)23-24/h3-6,14,20H,7-11H2,1-2H3,(H,22,25). The van der Waals surface area contributed by atoms with Crippen molar-refractivity contribution in [2.45, 2.75) is 39.2 Å². The van der Waals surface area contributed by atoms with Crippen LogP contribution in [0.25, 0.3) is 16.6 Å². The van der Waals surface area contributed by atoms with Crippen LogP contribution < -0.4 is 10.6 Å². The summed E-state index contributed by atoms with van der Waals surface area (Å²) in [5.41, 5.74) is 4.98. The van der Waals surface area contributed by atoms with Crippen LogP contribution in [-0.4, -0.2) is 39.6 Å². The maximum absolute atomic E-state index is 12.2. The Hall–Kier alpha value is -2.47. The molecule has 130 valence electrons. The van der Waals surface area contributed by atoms with Crippen LogP contribution in [0, 0.1) is 13.8 Å². The SMILES string of the molecule is Cc1nc2c3ccccc3nn2c(C)c1CCC(=O)NC1CCNC1. The minimum absolute atomic E-state index is 0.109. The molecule has 1 amide bonds. The largest absolute Gasteiger partial charge is 0.352 e. The highest BCUT2D eigenvalue weighted by Crippen LogP contribution is 2.22. The van der Waals surface area contributed by atoms with E-state index in [4.69, 9.17) is 4.98 Å². The fourth-order valence-corrected chi connectivity index (χ4v) is 3.65. The Morgan fingerprint density at radius 2 is 2.20 bits per heavy atom. The van der Waals surface area contributed by atoms with Crippen LogP contribution in [0.3, 0.4) is 0 Å². The Kier molecular flexibility index (Phi) is 4.13. The number of amides is 1. The van der Waals surface area contributed by atoms with Gasteiger partial charge in [-0.25, -0.2) is 9.50 Å². The van der Waals surface area contributed by atoms with E-state index >= 15 is 0 Å². The summed E-state index contributed by atoms with van der Waals surface area (Å²) in [5, 5.41) is 12.1. The molecule has 0 saturated carbocycles. The highest BCUT2D eigenvalue weighted by Gasteiger charge is 2.18. The van der Waals surface area contributed by atoms with E-state index in [2.05, 4.69) is 22.7 Å². The molecule has 2 N–H and O–H groups in total.